The molecule has 1 aromatic carbocycles. The molecule has 3 N–H and O–H groups in total. The predicted octanol–water partition coefficient (Wildman–Crippen LogP) is 2.10. The summed E-state index contributed by atoms with van der Waals surface area (Å²) in [6.45, 7) is 0.480. The Bertz CT molecular complexity index is 890. The zero-order chi connectivity index (χ0) is 16.2. The highest BCUT2D eigenvalue weighted by Gasteiger charge is 2.11. The van der Waals surface area contributed by atoms with Gasteiger partial charge in [0.25, 0.3) is 5.56 Å². The monoisotopic (exact) mass is 347 g/mol. The third kappa shape index (κ3) is 3.91. The molecule has 0 fully saturated rings. The molecule has 0 aliphatic rings. The van der Waals surface area contributed by atoms with E-state index in [4.69, 9.17) is 0 Å². The lowest BCUT2D eigenvalue weighted by Crippen LogP contribution is -2.24. The predicted molar refractivity (Wildman–Crippen MR) is 90.9 cm³/mol. The van der Waals surface area contributed by atoms with Gasteiger partial charge in [-0.2, -0.15) is 0 Å². The van der Waals surface area contributed by atoms with Crippen molar-refractivity contribution in [1.29, 1.82) is 0 Å². The van der Waals surface area contributed by atoms with Crippen molar-refractivity contribution in [2.24, 2.45) is 0 Å². The first-order chi connectivity index (χ1) is 11.1. The van der Waals surface area contributed by atoms with Gasteiger partial charge in [0.05, 0.1) is 5.75 Å². The minimum atomic E-state index is -0.405. The van der Waals surface area contributed by atoms with Crippen LogP contribution in [0.15, 0.2) is 45.5 Å². The number of carbonyl (C=O) groups is 1. The quantitative estimate of drug-likeness (QED) is 0.614. The molecule has 0 bridgehead atoms. The Hall–Kier alpha value is -2.32. The number of aromatic nitrogens is 2. The molecule has 6 nitrogen and oxygen atoms in total. The number of aromatic hydroxyl groups is 1. The zero-order valence-electron chi connectivity index (χ0n) is 11.9. The molecule has 0 unspecified atom stereocenters. The van der Waals surface area contributed by atoms with Crippen LogP contribution in [0.1, 0.15) is 5.56 Å². The van der Waals surface area contributed by atoms with Crippen molar-refractivity contribution in [1.82, 2.24) is 15.3 Å². The number of hydrogen-bond donors (Lipinski definition) is 3. The van der Waals surface area contributed by atoms with Gasteiger partial charge in [0.1, 0.15) is 10.4 Å². The maximum Gasteiger partial charge on any atom is 0.253 e. The molecule has 0 spiro atoms. The number of nitrogens with one attached hydrogen (secondary N) is 2. The van der Waals surface area contributed by atoms with Gasteiger partial charge in [0.15, 0.2) is 9.99 Å². The van der Waals surface area contributed by atoms with E-state index in [1.54, 1.807) is 0 Å². The van der Waals surface area contributed by atoms with Crippen molar-refractivity contribution in [2.75, 3.05) is 5.75 Å². The van der Waals surface area contributed by atoms with Crippen molar-refractivity contribution >= 4 is 39.4 Å². The Kier molecular flexibility index (Phi) is 4.63. The van der Waals surface area contributed by atoms with Crippen LogP contribution in [0.5, 0.6) is 5.75 Å². The molecule has 1 amide bonds. The number of amides is 1. The van der Waals surface area contributed by atoms with E-state index >= 15 is 0 Å². The van der Waals surface area contributed by atoms with Crippen molar-refractivity contribution < 1.29 is 9.90 Å². The highest BCUT2D eigenvalue weighted by atomic mass is 32.2. The van der Waals surface area contributed by atoms with Crippen LogP contribution in [-0.2, 0) is 11.3 Å². The Balaban J connectivity index is 1.59. The Morgan fingerprint density at radius 3 is 2.91 bits per heavy atom. The second kappa shape index (κ2) is 6.84. The number of hydrogen-bond acceptors (Lipinski definition) is 6. The van der Waals surface area contributed by atoms with E-state index in [1.807, 2.05) is 30.3 Å². The van der Waals surface area contributed by atoms with E-state index in [2.05, 4.69) is 15.3 Å². The molecule has 0 atom stereocenters. The largest absolute Gasteiger partial charge is 0.506 e. The Morgan fingerprint density at radius 1 is 1.35 bits per heavy atom. The Labute approximate surface area is 139 Å². The highest BCUT2D eigenvalue weighted by Crippen LogP contribution is 2.32. The summed E-state index contributed by atoms with van der Waals surface area (Å²) in [5, 5.41) is 12.5. The van der Waals surface area contributed by atoms with Crippen LogP contribution in [0.25, 0.3) is 10.3 Å². The maximum absolute atomic E-state index is 11.9. The second-order valence-electron chi connectivity index (χ2n) is 4.73. The molecule has 8 heteroatoms. The van der Waals surface area contributed by atoms with Gasteiger partial charge in [-0.3, -0.25) is 9.59 Å². The van der Waals surface area contributed by atoms with Gasteiger partial charge >= 0.3 is 0 Å². The van der Waals surface area contributed by atoms with Crippen LogP contribution < -0.4 is 10.9 Å². The van der Waals surface area contributed by atoms with Crippen molar-refractivity contribution in [3.05, 3.63) is 52.3 Å². The van der Waals surface area contributed by atoms with Crippen molar-refractivity contribution in [2.45, 2.75) is 10.9 Å². The number of fused-ring (bicyclic) bond motifs is 1. The highest BCUT2D eigenvalue weighted by molar-refractivity contribution is 8.01. The van der Waals surface area contributed by atoms with Gasteiger partial charge in [-0.1, -0.05) is 42.1 Å². The minimum Gasteiger partial charge on any atom is -0.506 e. The van der Waals surface area contributed by atoms with Crippen LogP contribution >= 0.6 is 23.1 Å². The molecular weight excluding hydrogens is 334 g/mol. The number of benzene rings is 1. The first-order valence-electron chi connectivity index (χ1n) is 6.78. The summed E-state index contributed by atoms with van der Waals surface area (Å²) >= 11 is 2.51. The van der Waals surface area contributed by atoms with Crippen molar-refractivity contribution in [3.63, 3.8) is 0 Å². The number of pyridine rings is 1. The molecule has 2 heterocycles. The number of carbonyl (C=O) groups excluding carboxylic acids is 1. The average molecular weight is 347 g/mol. The molecule has 0 aliphatic carbocycles. The second-order valence-corrected chi connectivity index (χ2v) is 6.95. The van der Waals surface area contributed by atoms with Crippen molar-refractivity contribution in [3.8, 4) is 5.75 Å². The van der Waals surface area contributed by atoms with Crippen LogP contribution in [0.2, 0.25) is 0 Å². The summed E-state index contributed by atoms with van der Waals surface area (Å²) in [5.41, 5.74) is 0.970. The number of nitrogens with zero attached hydrogens (tertiary/aromatic N) is 1. The number of aromatic amines is 1. The molecule has 3 aromatic rings. The van der Waals surface area contributed by atoms with Gasteiger partial charge < -0.3 is 15.4 Å². The molecule has 2 aromatic heterocycles. The maximum atomic E-state index is 11.9. The lowest BCUT2D eigenvalue weighted by molar-refractivity contribution is -0.118. The summed E-state index contributed by atoms with van der Waals surface area (Å²) in [6.07, 6.45) is 0. The molecule has 0 saturated heterocycles. The van der Waals surface area contributed by atoms with E-state index in [0.717, 1.165) is 11.6 Å². The fourth-order valence-corrected chi connectivity index (χ4v) is 3.78. The first-order valence-corrected chi connectivity index (χ1v) is 8.58. The molecule has 3 rings (SSSR count). The summed E-state index contributed by atoms with van der Waals surface area (Å²) in [4.78, 5) is 29.9. The fraction of sp³-hybridized carbons (Fsp3) is 0.133. The average Bonchev–Trinajstić information content (AvgIpc) is 2.95. The first kappa shape index (κ1) is 15.6. The lowest BCUT2D eigenvalue weighted by atomic mass is 10.2. The van der Waals surface area contributed by atoms with Gasteiger partial charge in [0, 0.05) is 12.6 Å². The zero-order valence-corrected chi connectivity index (χ0v) is 13.5. The number of thiazole rings is 1. The van der Waals surface area contributed by atoms with Crippen LogP contribution in [0, 0.1) is 0 Å². The fourth-order valence-electron chi connectivity index (χ4n) is 1.94. The molecule has 0 aliphatic heterocycles. The molecule has 118 valence electrons. The van der Waals surface area contributed by atoms with E-state index in [0.29, 0.717) is 21.2 Å². The van der Waals surface area contributed by atoms with Gasteiger partial charge in [-0.25, -0.2) is 4.98 Å². The number of H-pyrrole nitrogens is 1. The normalized spacial score (nSPS) is 10.8. The summed E-state index contributed by atoms with van der Waals surface area (Å²) < 4.78 is 1.13. The summed E-state index contributed by atoms with van der Waals surface area (Å²) in [5.74, 6) is 0.0231. The third-order valence-electron chi connectivity index (χ3n) is 3.01. The van der Waals surface area contributed by atoms with Crippen LogP contribution in [0.4, 0.5) is 0 Å². The van der Waals surface area contributed by atoms with Gasteiger partial charge in [-0.15, -0.1) is 11.3 Å². The molecular formula is C15H13N3O3S2. The topological polar surface area (TPSA) is 95.1 Å². The lowest BCUT2D eigenvalue weighted by Gasteiger charge is -2.03. The Morgan fingerprint density at radius 2 is 2.13 bits per heavy atom. The summed E-state index contributed by atoms with van der Waals surface area (Å²) in [7, 11) is 0. The van der Waals surface area contributed by atoms with E-state index < -0.39 is 5.56 Å². The van der Waals surface area contributed by atoms with E-state index in [1.165, 1.54) is 23.1 Å². The molecule has 0 radical (unpaired) electrons. The molecule has 0 saturated carbocycles. The molecule has 23 heavy (non-hydrogen) atoms. The summed E-state index contributed by atoms with van der Waals surface area (Å²) in [6, 6.07) is 10.8. The number of thioether (sulfide) groups is 1. The number of rotatable bonds is 5. The third-order valence-corrected chi connectivity index (χ3v) is 5.23. The van der Waals surface area contributed by atoms with E-state index in [-0.39, 0.29) is 17.4 Å². The van der Waals surface area contributed by atoms with Crippen LogP contribution in [0.3, 0.4) is 0 Å². The van der Waals surface area contributed by atoms with E-state index in [9.17, 15) is 14.7 Å². The minimum absolute atomic E-state index is 0.0957. The van der Waals surface area contributed by atoms with Gasteiger partial charge in [-0.05, 0) is 5.56 Å². The van der Waals surface area contributed by atoms with Crippen LogP contribution in [-0.4, -0.2) is 26.7 Å². The smallest absolute Gasteiger partial charge is 0.253 e. The SMILES string of the molecule is O=C(CSc1nc2[nH]c(=O)cc(O)c2s1)NCc1ccccc1. The van der Waals surface area contributed by atoms with Gasteiger partial charge in [0.2, 0.25) is 5.91 Å². The standard InChI is InChI=1S/C15H13N3O3S2/c19-10-6-11(20)17-14-13(10)23-15(18-14)22-8-12(21)16-7-9-4-2-1-3-5-9/h1-6H,7-8H2,(H,16,21)(H2,17,19,20).